The summed E-state index contributed by atoms with van der Waals surface area (Å²) in [6, 6.07) is 6.15. The molecule has 5 nitrogen and oxygen atoms in total. The van der Waals surface area contributed by atoms with E-state index in [1.165, 1.54) is 12.0 Å². The molecule has 0 amide bonds. The molecule has 0 saturated carbocycles. The van der Waals surface area contributed by atoms with Gasteiger partial charge in [-0.3, -0.25) is 4.90 Å². The molecule has 1 saturated heterocycles. The van der Waals surface area contributed by atoms with Crippen LogP contribution in [0, 0.1) is 0 Å². The number of ether oxygens (including phenoxy) is 1. The number of morpholine rings is 1. The van der Waals surface area contributed by atoms with Crippen molar-refractivity contribution in [1.82, 2.24) is 15.2 Å². The van der Waals surface area contributed by atoms with Crippen LogP contribution in [0.15, 0.2) is 29.0 Å². The molecule has 2 heterocycles. The minimum absolute atomic E-state index is 0.285. The lowest BCUT2D eigenvalue weighted by molar-refractivity contribution is 0.00885. The van der Waals surface area contributed by atoms with Gasteiger partial charge in [0.25, 0.3) is 0 Å². The van der Waals surface area contributed by atoms with Crippen molar-refractivity contribution in [2.75, 3.05) is 33.3 Å². The Morgan fingerprint density at radius 2 is 2.42 bits per heavy atom. The predicted octanol–water partition coefficient (Wildman–Crippen LogP) is 1.25. The molecule has 0 aliphatic carbocycles. The second-order valence-electron chi connectivity index (χ2n) is 5.05. The molecule has 3 rings (SSSR count). The molecule has 0 radical (unpaired) electrons. The molecule has 5 heteroatoms. The molecule has 1 aliphatic heterocycles. The molecule has 1 aromatic heterocycles. The van der Waals surface area contributed by atoms with E-state index >= 15 is 0 Å². The number of nitrogens with zero attached hydrogens (tertiary/aromatic N) is 2. The van der Waals surface area contributed by atoms with Crippen LogP contribution in [0.3, 0.4) is 0 Å². The minimum atomic E-state index is 0.285. The fourth-order valence-corrected chi connectivity index (χ4v) is 2.46. The van der Waals surface area contributed by atoms with E-state index in [0.29, 0.717) is 0 Å². The van der Waals surface area contributed by atoms with E-state index in [9.17, 15) is 0 Å². The number of aromatic nitrogens is 1. The fraction of sp³-hybridized carbons (Fsp3) is 0.500. The largest absolute Gasteiger partial charge is 0.443 e. The Bertz CT molecular complexity index is 534. The average molecular weight is 261 g/mol. The minimum Gasteiger partial charge on any atom is -0.443 e. The molecule has 1 N–H and O–H groups in total. The molecule has 1 aromatic carbocycles. The van der Waals surface area contributed by atoms with Crippen molar-refractivity contribution in [2.45, 2.75) is 12.6 Å². The predicted molar refractivity (Wildman–Crippen MR) is 73.0 cm³/mol. The van der Waals surface area contributed by atoms with E-state index < -0.39 is 0 Å². The number of rotatable bonds is 4. The molecular formula is C14H19N3O2. The summed E-state index contributed by atoms with van der Waals surface area (Å²) in [6.07, 6.45) is 1.77. The van der Waals surface area contributed by atoms with Crippen LogP contribution >= 0.6 is 0 Å². The van der Waals surface area contributed by atoms with Crippen molar-refractivity contribution in [1.29, 1.82) is 0 Å². The summed E-state index contributed by atoms with van der Waals surface area (Å²) in [5.41, 5.74) is 2.99. The van der Waals surface area contributed by atoms with E-state index in [1.807, 2.05) is 6.07 Å². The molecule has 102 valence electrons. The van der Waals surface area contributed by atoms with Gasteiger partial charge in [-0.15, -0.1) is 0 Å². The van der Waals surface area contributed by atoms with E-state index in [4.69, 9.17) is 9.15 Å². The SMILES string of the molecule is CN(Cc1ccc2ncoc2c1)CC1CNCCO1. The highest BCUT2D eigenvalue weighted by Gasteiger charge is 2.15. The summed E-state index contributed by atoms with van der Waals surface area (Å²) in [7, 11) is 2.11. The zero-order chi connectivity index (χ0) is 13.1. The van der Waals surface area contributed by atoms with Crippen molar-refractivity contribution >= 4 is 11.1 Å². The maximum Gasteiger partial charge on any atom is 0.181 e. The molecule has 0 bridgehead atoms. The summed E-state index contributed by atoms with van der Waals surface area (Å²) < 4.78 is 11.0. The topological polar surface area (TPSA) is 50.5 Å². The summed E-state index contributed by atoms with van der Waals surface area (Å²) >= 11 is 0. The first-order valence-electron chi connectivity index (χ1n) is 6.64. The standard InChI is InChI=1S/C14H19N3O2/c1-17(9-12-7-15-4-5-18-12)8-11-2-3-13-14(6-11)19-10-16-13/h2-3,6,10,12,15H,4-5,7-9H2,1H3. The Morgan fingerprint density at radius 1 is 1.47 bits per heavy atom. The monoisotopic (exact) mass is 261 g/mol. The second-order valence-corrected chi connectivity index (χ2v) is 5.05. The van der Waals surface area contributed by atoms with Crippen LogP contribution in [-0.2, 0) is 11.3 Å². The zero-order valence-electron chi connectivity index (χ0n) is 11.1. The van der Waals surface area contributed by atoms with E-state index in [0.717, 1.165) is 43.9 Å². The summed E-state index contributed by atoms with van der Waals surface area (Å²) in [4.78, 5) is 6.40. The molecule has 1 unspecified atom stereocenters. The lowest BCUT2D eigenvalue weighted by Gasteiger charge is -2.28. The lowest BCUT2D eigenvalue weighted by Crippen LogP contribution is -2.44. The van der Waals surface area contributed by atoms with E-state index in [-0.39, 0.29) is 6.10 Å². The van der Waals surface area contributed by atoms with Crippen LogP contribution in [0.25, 0.3) is 11.1 Å². The number of likely N-dealkylation sites (N-methyl/N-ethyl adjacent to an activating group) is 1. The van der Waals surface area contributed by atoms with E-state index in [1.54, 1.807) is 0 Å². The summed E-state index contributed by atoms with van der Waals surface area (Å²) in [6.45, 7) is 4.52. The van der Waals surface area contributed by atoms with Gasteiger partial charge in [-0.25, -0.2) is 4.98 Å². The van der Waals surface area contributed by atoms with Gasteiger partial charge in [0, 0.05) is 26.2 Å². The Morgan fingerprint density at radius 3 is 3.26 bits per heavy atom. The Balaban J connectivity index is 1.59. The van der Waals surface area contributed by atoms with Gasteiger partial charge >= 0.3 is 0 Å². The van der Waals surface area contributed by atoms with Crippen molar-refractivity contribution in [3.8, 4) is 0 Å². The first kappa shape index (κ1) is 12.6. The molecule has 1 aliphatic rings. The van der Waals surface area contributed by atoms with Crippen LogP contribution < -0.4 is 5.32 Å². The van der Waals surface area contributed by atoms with Gasteiger partial charge in [0.15, 0.2) is 12.0 Å². The third kappa shape index (κ3) is 3.12. The molecular weight excluding hydrogens is 242 g/mol. The van der Waals surface area contributed by atoms with Crippen molar-refractivity contribution in [3.05, 3.63) is 30.2 Å². The third-order valence-corrected chi connectivity index (χ3v) is 3.37. The molecule has 0 spiro atoms. The quantitative estimate of drug-likeness (QED) is 0.897. The normalized spacial score (nSPS) is 20.2. The van der Waals surface area contributed by atoms with Crippen molar-refractivity contribution in [2.24, 2.45) is 0 Å². The number of benzene rings is 1. The van der Waals surface area contributed by atoms with E-state index in [2.05, 4.69) is 34.4 Å². The highest BCUT2D eigenvalue weighted by molar-refractivity contribution is 5.72. The molecule has 1 atom stereocenters. The van der Waals surface area contributed by atoms with Crippen molar-refractivity contribution in [3.63, 3.8) is 0 Å². The van der Waals surface area contributed by atoms with Crippen LogP contribution in [0.2, 0.25) is 0 Å². The zero-order valence-corrected chi connectivity index (χ0v) is 11.1. The number of hydrogen-bond donors (Lipinski definition) is 1. The fourth-order valence-electron chi connectivity index (χ4n) is 2.46. The van der Waals surface area contributed by atoms with Gasteiger partial charge in [0.05, 0.1) is 12.7 Å². The van der Waals surface area contributed by atoms with Gasteiger partial charge in [0.2, 0.25) is 0 Å². The number of hydrogen-bond acceptors (Lipinski definition) is 5. The Hall–Kier alpha value is -1.43. The number of fused-ring (bicyclic) bond motifs is 1. The second kappa shape index (κ2) is 5.69. The molecule has 1 fully saturated rings. The van der Waals surface area contributed by atoms with Crippen LogP contribution in [0.1, 0.15) is 5.56 Å². The average Bonchev–Trinajstić information content (AvgIpc) is 2.87. The first-order chi connectivity index (χ1) is 9.31. The maximum absolute atomic E-state index is 5.71. The maximum atomic E-state index is 5.71. The molecule has 2 aromatic rings. The Kier molecular flexibility index (Phi) is 3.77. The number of oxazole rings is 1. The van der Waals surface area contributed by atoms with Gasteiger partial charge in [-0.2, -0.15) is 0 Å². The Labute approximate surface area is 112 Å². The van der Waals surface area contributed by atoms with Crippen LogP contribution in [0.4, 0.5) is 0 Å². The van der Waals surface area contributed by atoms with Gasteiger partial charge in [-0.1, -0.05) is 6.07 Å². The summed E-state index contributed by atoms with van der Waals surface area (Å²) in [5.74, 6) is 0. The third-order valence-electron chi connectivity index (χ3n) is 3.37. The lowest BCUT2D eigenvalue weighted by atomic mass is 10.2. The smallest absolute Gasteiger partial charge is 0.181 e. The van der Waals surface area contributed by atoms with Crippen molar-refractivity contribution < 1.29 is 9.15 Å². The highest BCUT2D eigenvalue weighted by atomic mass is 16.5. The van der Waals surface area contributed by atoms with Gasteiger partial charge < -0.3 is 14.5 Å². The van der Waals surface area contributed by atoms with Crippen LogP contribution in [-0.4, -0.2) is 49.3 Å². The van der Waals surface area contributed by atoms with Gasteiger partial charge in [0.1, 0.15) is 5.52 Å². The van der Waals surface area contributed by atoms with Gasteiger partial charge in [-0.05, 0) is 24.7 Å². The number of nitrogens with one attached hydrogen (secondary N) is 1. The highest BCUT2D eigenvalue weighted by Crippen LogP contribution is 2.15. The van der Waals surface area contributed by atoms with Crippen LogP contribution in [0.5, 0.6) is 0 Å². The summed E-state index contributed by atoms with van der Waals surface area (Å²) in [5, 5.41) is 3.35. The first-order valence-corrected chi connectivity index (χ1v) is 6.64. The molecule has 19 heavy (non-hydrogen) atoms.